The Morgan fingerprint density at radius 3 is 2.53 bits per heavy atom. The molecule has 0 aromatic heterocycles. The molecule has 0 aliphatic heterocycles. The van der Waals surface area contributed by atoms with Gasteiger partial charge in [-0.3, -0.25) is 4.79 Å². The molecular formula is C15H22O2. The van der Waals surface area contributed by atoms with Gasteiger partial charge in [-0.1, -0.05) is 26.8 Å². The molecule has 0 bridgehead atoms. The first-order valence-electron chi connectivity index (χ1n) is 6.40. The van der Waals surface area contributed by atoms with Crippen LogP contribution in [0.15, 0.2) is 18.2 Å². The number of hydrogen-bond donors (Lipinski definition) is 0. The fourth-order valence-electron chi connectivity index (χ4n) is 1.77. The largest absolute Gasteiger partial charge is 0.493 e. The molecule has 0 fully saturated rings. The molecule has 17 heavy (non-hydrogen) atoms. The minimum Gasteiger partial charge on any atom is -0.493 e. The SMILES string of the molecule is CCCC(=O)c1cc(C(C)C)ccc1OCC. The van der Waals surface area contributed by atoms with Gasteiger partial charge in [-0.05, 0) is 37.0 Å². The fraction of sp³-hybridized carbons (Fsp3) is 0.533. The Morgan fingerprint density at radius 2 is 2.00 bits per heavy atom. The molecule has 0 atom stereocenters. The maximum Gasteiger partial charge on any atom is 0.166 e. The van der Waals surface area contributed by atoms with Gasteiger partial charge in [-0.2, -0.15) is 0 Å². The summed E-state index contributed by atoms with van der Waals surface area (Å²) in [5, 5.41) is 0. The molecule has 0 aliphatic carbocycles. The summed E-state index contributed by atoms with van der Waals surface area (Å²) in [6, 6.07) is 5.94. The summed E-state index contributed by atoms with van der Waals surface area (Å²) in [7, 11) is 0. The van der Waals surface area contributed by atoms with Crippen LogP contribution >= 0.6 is 0 Å². The third kappa shape index (κ3) is 3.58. The zero-order valence-corrected chi connectivity index (χ0v) is 11.2. The number of hydrogen-bond acceptors (Lipinski definition) is 2. The van der Waals surface area contributed by atoms with E-state index in [0.717, 1.165) is 17.7 Å². The van der Waals surface area contributed by atoms with Crippen molar-refractivity contribution in [1.82, 2.24) is 0 Å². The van der Waals surface area contributed by atoms with Crippen molar-refractivity contribution in [3.05, 3.63) is 29.3 Å². The second-order valence-electron chi connectivity index (χ2n) is 4.52. The van der Waals surface area contributed by atoms with Gasteiger partial charge in [-0.25, -0.2) is 0 Å². The third-order valence-electron chi connectivity index (χ3n) is 2.75. The van der Waals surface area contributed by atoms with Crippen LogP contribution in [0.3, 0.4) is 0 Å². The molecule has 0 unspecified atom stereocenters. The monoisotopic (exact) mass is 234 g/mol. The summed E-state index contributed by atoms with van der Waals surface area (Å²) in [5.74, 6) is 1.33. The number of rotatable bonds is 6. The normalized spacial score (nSPS) is 10.6. The first kappa shape index (κ1) is 13.8. The highest BCUT2D eigenvalue weighted by Crippen LogP contribution is 2.25. The standard InChI is InChI=1S/C15H22O2/c1-5-7-14(16)13-10-12(11(3)4)8-9-15(13)17-6-2/h8-11H,5-7H2,1-4H3. The number of Topliss-reactive ketones (excluding diaryl/α,β-unsaturated/α-hetero) is 1. The summed E-state index contributed by atoms with van der Waals surface area (Å²) in [4.78, 5) is 12.0. The lowest BCUT2D eigenvalue weighted by atomic mass is 9.97. The van der Waals surface area contributed by atoms with Crippen molar-refractivity contribution >= 4 is 5.78 Å². The van der Waals surface area contributed by atoms with Gasteiger partial charge in [0.2, 0.25) is 0 Å². The van der Waals surface area contributed by atoms with Crippen LogP contribution in [-0.4, -0.2) is 12.4 Å². The van der Waals surface area contributed by atoms with Crippen LogP contribution in [0.1, 0.15) is 62.4 Å². The van der Waals surface area contributed by atoms with E-state index in [0.29, 0.717) is 18.9 Å². The van der Waals surface area contributed by atoms with Crippen LogP contribution in [0.2, 0.25) is 0 Å². The number of ether oxygens (including phenoxy) is 1. The van der Waals surface area contributed by atoms with Crippen LogP contribution in [-0.2, 0) is 0 Å². The van der Waals surface area contributed by atoms with Gasteiger partial charge in [-0.15, -0.1) is 0 Å². The van der Waals surface area contributed by atoms with E-state index >= 15 is 0 Å². The average Bonchev–Trinajstić information content (AvgIpc) is 2.30. The topological polar surface area (TPSA) is 26.3 Å². The molecule has 0 amide bonds. The van der Waals surface area contributed by atoms with Crippen molar-refractivity contribution in [2.75, 3.05) is 6.61 Å². The van der Waals surface area contributed by atoms with Crippen LogP contribution in [0, 0.1) is 0 Å². The van der Waals surface area contributed by atoms with Gasteiger partial charge in [0.1, 0.15) is 5.75 Å². The lowest BCUT2D eigenvalue weighted by molar-refractivity contribution is 0.0978. The highest BCUT2D eigenvalue weighted by Gasteiger charge is 2.13. The summed E-state index contributed by atoms with van der Waals surface area (Å²) in [6.07, 6.45) is 1.46. The van der Waals surface area contributed by atoms with Gasteiger partial charge < -0.3 is 4.74 Å². The molecule has 0 heterocycles. The maximum absolute atomic E-state index is 12.0. The lowest BCUT2D eigenvalue weighted by Crippen LogP contribution is -2.05. The molecule has 0 aliphatic rings. The molecule has 1 rings (SSSR count). The molecule has 0 saturated carbocycles. The van der Waals surface area contributed by atoms with Crippen molar-refractivity contribution in [3.63, 3.8) is 0 Å². The zero-order valence-electron chi connectivity index (χ0n) is 11.2. The van der Waals surface area contributed by atoms with E-state index in [9.17, 15) is 4.79 Å². The predicted molar refractivity (Wildman–Crippen MR) is 70.9 cm³/mol. The van der Waals surface area contributed by atoms with Gasteiger partial charge >= 0.3 is 0 Å². The summed E-state index contributed by atoms with van der Waals surface area (Å²) < 4.78 is 5.52. The van der Waals surface area contributed by atoms with Crippen molar-refractivity contribution < 1.29 is 9.53 Å². The molecule has 94 valence electrons. The number of carbonyl (C=O) groups is 1. The van der Waals surface area contributed by atoms with E-state index in [1.807, 2.05) is 32.0 Å². The minimum absolute atomic E-state index is 0.179. The highest BCUT2D eigenvalue weighted by molar-refractivity contribution is 5.98. The van der Waals surface area contributed by atoms with E-state index in [1.54, 1.807) is 0 Å². The van der Waals surface area contributed by atoms with Crippen LogP contribution in [0.5, 0.6) is 5.75 Å². The van der Waals surface area contributed by atoms with E-state index < -0.39 is 0 Å². The quantitative estimate of drug-likeness (QED) is 0.690. The van der Waals surface area contributed by atoms with Crippen LogP contribution in [0.4, 0.5) is 0 Å². The second-order valence-corrected chi connectivity index (χ2v) is 4.52. The molecule has 1 aromatic carbocycles. The summed E-state index contributed by atoms with van der Waals surface area (Å²) >= 11 is 0. The molecular weight excluding hydrogens is 212 g/mol. The molecule has 0 saturated heterocycles. The minimum atomic E-state index is 0.179. The molecule has 0 spiro atoms. The number of ketones is 1. The number of benzene rings is 1. The zero-order chi connectivity index (χ0) is 12.8. The van der Waals surface area contributed by atoms with Gasteiger partial charge in [0, 0.05) is 6.42 Å². The second kappa shape index (κ2) is 6.43. The molecule has 2 nitrogen and oxygen atoms in total. The van der Waals surface area contributed by atoms with E-state index in [-0.39, 0.29) is 5.78 Å². The van der Waals surface area contributed by atoms with Gasteiger partial charge in [0.25, 0.3) is 0 Å². The van der Waals surface area contributed by atoms with Crippen LogP contribution in [0.25, 0.3) is 0 Å². The molecule has 0 N–H and O–H groups in total. The van der Waals surface area contributed by atoms with Crippen molar-refractivity contribution in [2.24, 2.45) is 0 Å². The highest BCUT2D eigenvalue weighted by atomic mass is 16.5. The Balaban J connectivity index is 3.10. The van der Waals surface area contributed by atoms with Gasteiger partial charge in [0.05, 0.1) is 12.2 Å². The summed E-state index contributed by atoms with van der Waals surface area (Å²) in [5.41, 5.74) is 1.92. The van der Waals surface area contributed by atoms with Crippen molar-refractivity contribution in [3.8, 4) is 5.75 Å². The average molecular weight is 234 g/mol. The maximum atomic E-state index is 12.0. The fourth-order valence-corrected chi connectivity index (χ4v) is 1.77. The predicted octanol–water partition coefficient (Wildman–Crippen LogP) is 4.19. The first-order chi connectivity index (χ1) is 8.10. The Hall–Kier alpha value is -1.31. The van der Waals surface area contributed by atoms with E-state index in [2.05, 4.69) is 13.8 Å². The lowest BCUT2D eigenvalue weighted by Gasteiger charge is -2.13. The summed E-state index contributed by atoms with van der Waals surface area (Å²) in [6.45, 7) is 8.80. The van der Waals surface area contributed by atoms with E-state index in [1.165, 1.54) is 5.56 Å². The Labute approximate surface area is 104 Å². The Morgan fingerprint density at radius 1 is 1.29 bits per heavy atom. The van der Waals surface area contributed by atoms with Crippen molar-refractivity contribution in [2.45, 2.75) is 46.5 Å². The third-order valence-corrected chi connectivity index (χ3v) is 2.75. The number of carbonyl (C=O) groups excluding carboxylic acids is 1. The van der Waals surface area contributed by atoms with E-state index in [4.69, 9.17) is 4.74 Å². The van der Waals surface area contributed by atoms with Gasteiger partial charge in [0.15, 0.2) is 5.78 Å². The first-order valence-corrected chi connectivity index (χ1v) is 6.40. The molecule has 2 heteroatoms. The molecule has 1 aromatic rings. The van der Waals surface area contributed by atoms with Crippen LogP contribution < -0.4 is 4.74 Å². The van der Waals surface area contributed by atoms with Crippen molar-refractivity contribution in [1.29, 1.82) is 0 Å². The Bertz CT molecular complexity index is 381. The smallest absolute Gasteiger partial charge is 0.166 e. The molecule has 0 radical (unpaired) electrons. The Kier molecular flexibility index (Phi) is 5.20.